The number of rotatable bonds is 6. The molecule has 1 aliphatic rings. The number of hydrogen-bond donors (Lipinski definition) is 0. The van der Waals surface area contributed by atoms with Crippen molar-refractivity contribution in [1.82, 2.24) is 4.31 Å². The molecule has 0 aliphatic heterocycles. The van der Waals surface area contributed by atoms with E-state index in [2.05, 4.69) is 6.07 Å². The summed E-state index contributed by atoms with van der Waals surface area (Å²) in [4.78, 5) is 0.196. The van der Waals surface area contributed by atoms with E-state index in [0.29, 0.717) is 6.61 Å². The van der Waals surface area contributed by atoms with Crippen LogP contribution in [-0.4, -0.2) is 32.4 Å². The largest absolute Gasteiger partial charge is 0.380 e. The molecule has 1 aromatic carbocycles. The SMILES string of the molecule is COCc1cccc(S(=O)(=O)N(C)C(C)(C#N)C2CC2)c1. The van der Waals surface area contributed by atoms with Crippen molar-refractivity contribution in [3.05, 3.63) is 29.8 Å². The van der Waals surface area contributed by atoms with Crippen molar-refractivity contribution >= 4 is 10.0 Å². The van der Waals surface area contributed by atoms with Crippen molar-refractivity contribution in [3.8, 4) is 6.07 Å². The monoisotopic (exact) mass is 308 g/mol. The number of methoxy groups -OCH3 is 1. The highest BCUT2D eigenvalue weighted by atomic mass is 32.2. The summed E-state index contributed by atoms with van der Waals surface area (Å²) in [6.45, 7) is 2.05. The van der Waals surface area contributed by atoms with Gasteiger partial charge in [-0.3, -0.25) is 0 Å². The van der Waals surface area contributed by atoms with Gasteiger partial charge in [0.1, 0.15) is 5.54 Å². The summed E-state index contributed by atoms with van der Waals surface area (Å²) in [5, 5.41) is 9.44. The van der Waals surface area contributed by atoms with Crippen molar-refractivity contribution in [1.29, 1.82) is 5.26 Å². The molecule has 114 valence electrons. The van der Waals surface area contributed by atoms with Crippen LogP contribution in [0.5, 0.6) is 0 Å². The molecule has 0 bridgehead atoms. The Morgan fingerprint density at radius 3 is 2.67 bits per heavy atom. The Hall–Kier alpha value is -1.42. The Balaban J connectivity index is 2.37. The zero-order valence-electron chi connectivity index (χ0n) is 12.5. The number of benzene rings is 1. The van der Waals surface area contributed by atoms with Gasteiger partial charge in [-0.15, -0.1) is 0 Å². The number of hydrogen-bond acceptors (Lipinski definition) is 4. The summed E-state index contributed by atoms with van der Waals surface area (Å²) < 4.78 is 31.8. The molecule has 5 nitrogen and oxygen atoms in total. The van der Waals surface area contributed by atoms with Crippen LogP contribution in [0.3, 0.4) is 0 Å². The average Bonchev–Trinajstić information content (AvgIpc) is 3.31. The predicted molar refractivity (Wildman–Crippen MR) is 78.8 cm³/mol. The second kappa shape index (κ2) is 5.76. The summed E-state index contributed by atoms with van der Waals surface area (Å²) >= 11 is 0. The molecule has 1 unspecified atom stereocenters. The van der Waals surface area contributed by atoms with E-state index in [1.54, 1.807) is 32.2 Å². The van der Waals surface area contributed by atoms with Crippen LogP contribution in [0.2, 0.25) is 0 Å². The van der Waals surface area contributed by atoms with Crippen LogP contribution in [0, 0.1) is 17.2 Å². The van der Waals surface area contributed by atoms with Gasteiger partial charge in [0.25, 0.3) is 0 Å². The number of sulfonamides is 1. The van der Waals surface area contributed by atoms with Gasteiger partial charge < -0.3 is 4.74 Å². The molecule has 0 spiro atoms. The van der Waals surface area contributed by atoms with Gasteiger partial charge in [-0.2, -0.15) is 9.57 Å². The normalized spacial score (nSPS) is 18.2. The summed E-state index contributed by atoms with van der Waals surface area (Å²) in [6, 6.07) is 8.83. The Labute approximate surface area is 126 Å². The predicted octanol–water partition coefficient (Wildman–Crippen LogP) is 2.15. The maximum atomic E-state index is 12.8. The standard InChI is InChI=1S/C15H20N2O3S/c1-15(11-16,13-7-8-13)17(2)21(18,19)14-6-4-5-12(9-14)10-20-3/h4-6,9,13H,7-8,10H2,1-3H3. The van der Waals surface area contributed by atoms with E-state index in [-0.39, 0.29) is 10.8 Å². The molecule has 0 amide bonds. The lowest BCUT2D eigenvalue weighted by Gasteiger charge is -2.32. The average molecular weight is 308 g/mol. The maximum absolute atomic E-state index is 12.8. The Kier molecular flexibility index (Phi) is 4.38. The van der Waals surface area contributed by atoms with Gasteiger partial charge in [-0.25, -0.2) is 8.42 Å². The van der Waals surface area contributed by atoms with Crippen LogP contribution >= 0.6 is 0 Å². The summed E-state index contributed by atoms with van der Waals surface area (Å²) in [7, 11) is -0.651. The second-order valence-electron chi connectivity index (χ2n) is 5.59. The first-order valence-corrected chi connectivity index (χ1v) is 8.28. The lowest BCUT2D eigenvalue weighted by molar-refractivity contribution is 0.184. The smallest absolute Gasteiger partial charge is 0.244 e. The van der Waals surface area contributed by atoms with E-state index in [4.69, 9.17) is 4.74 Å². The van der Waals surface area contributed by atoms with Gasteiger partial charge in [0.15, 0.2) is 0 Å². The van der Waals surface area contributed by atoms with Crippen LogP contribution in [0.25, 0.3) is 0 Å². The summed E-state index contributed by atoms with van der Waals surface area (Å²) in [6.07, 6.45) is 1.79. The molecule has 6 heteroatoms. The Morgan fingerprint density at radius 1 is 1.48 bits per heavy atom. The highest BCUT2D eigenvalue weighted by molar-refractivity contribution is 7.89. The fourth-order valence-corrected chi connectivity index (χ4v) is 3.99. The molecule has 0 N–H and O–H groups in total. The first-order valence-electron chi connectivity index (χ1n) is 6.84. The molecule has 1 aliphatic carbocycles. The van der Waals surface area contributed by atoms with Crippen molar-refractivity contribution < 1.29 is 13.2 Å². The molecule has 0 aromatic heterocycles. The fourth-order valence-electron chi connectivity index (χ4n) is 2.43. The highest BCUT2D eigenvalue weighted by Gasteiger charge is 2.49. The van der Waals surface area contributed by atoms with E-state index in [1.807, 2.05) is 6.07 Å². The number of ether oxygens (including phenoxy) is 1. The molecule has 1 atom stereocenters. The molecule has 2 rings (SSSR count). The molecule has 21 heavy (non-hydrogen) atoms. The van der Waals surface area contributed by atoms with Gasteiger partial charge in [-0.05, 0) is 43.4 Å². The lowest BCUT2D eigenvalue weighted by Crippen LogP contribution is -2.47. The summed E-state index contributed by atoms with van der Waals surface area (Å²) in [5.74, 6) is 0.115. The Bertz CT molecular complexity index is 662. The first kappa shape index (κ1) is 16.0. The van der Waals surface area contributed by atoms with Gasteiger partial charge in [0.2, 0.25) is 10.0 Å². The number of nitrogens with zero attached hydrogens (tertiary/aromatic N) is 2. The van der Waals surface area contributed by atoms with Crippen molar-refractivity contribution in [2.45, 2.75) is 36.8 Å². The third kappa shape index (κ3) is 2.95. The Morgan fingerprint density at radius 2 is 2.14 bits per heavy atom. The molecule has 0 saturated heterocycles. The topological polar surface area (TPSA) is 70.4 Å². The van der Waals surface area contributed by atoms with Crippen LogP contribution in [0.4, 0.5) is 0 Å². The van der Waals surface area contributed by atoms with Crippen LogP contribution in [0.1, 0.15) is 25.3 Å². The van der Waals surface area contributed by atoms with E-state index < -0.39 is 15.6 Å². The maximum Gasteiger partial charge on any atom is 0.244 e. The van der Waals surface area contributed by atoms with Gasteiger partial charge in [0, 0.05) is 14.2 Å². The van der Waals surface area contributed by atoms with E-state index >= 15 is 0 Å². The van der Waals surface area contributed by atoms with Gasteiger partial charge in [0.05, 0.1) is 17.6 Å². The zero-order chi connectivity index (χ0) is 15.7. The van der Waals surface area contributed by atoms with Crippen molar-refractivity contribution in [3.63, 3.8) is 0 Å². The van der Waals surface area contributed by atoms with Crippen LogP contribution in [0.15, 0.2) is 29.2 Å². The molecule has 0 heterocycles. The molecular formula is C15H20N2O3S. The minimum atomic E-state index is -3.70. The fraction of sp³-hybridized carbons (Fsp3) is 0.533. The van der Waals surface area contributed by atoms with E-state index in [1.165, 1.54) is 11.4 Å². The molecule has 1 saturated carbocycles. The quantitative estimate of drug-likeness (QED) is 0.807. The first-order chi connectivity index (χ1) is 9.86. The minimum absolute atomic E-state index is 0.115. The van der Waals surface area contributed by atoms with Crippen LogP contribution in [-0.2, 0) is 21.4 Å². The van der Waals surface area contributed by atoms with Crippen molar-refractivity contribution in [2.75, 3.05) is 14.2 Å². The zero-order valence-corrected chi connectivity index (χ0v) is 13.4. The third-order valence-electron chi connectivity index (χ3n) is 4.12. The molecule has 0 radical (unpaired) electrons. The van der Waals surface area contributed by atoms with E-state index in [9.17, 15) is 13.7 Å². The molecule has 1 aromatic rings. The second-order valence-corrected chi connectivity index (χ2v) is 7.56. The summed E-state index contributed by atoms with van der Waals surface area (Å²) in [5.41, 5.74) is -0.201. The third-order valence-corrected chi connectivity index (χ3v) is 6.07. The van der Waals surface area contributed by atoms with Gasteiger partial charge >= 0.3 is 0 Å². The molecule has 1 fully saturated rings. The minimum Gasteiger partial charge on any atom is -0.380 e. The highest BCUT2D eigenvalue weighted by Crippen LogP contribution is 2.43. The lowest BCUT2D eigenvalue weighted by atomic mass is 9.99. The van der Waals surface area contributed by atoms with E-state index in [0.717, 1.165) is 18.4 Å². The van der Waals surface area contributed by atoms with Crippen LogP contribution < -0.4 is 0 Å². The van der Waals surface area contributed by atoms with Gasteiger partial charge in [-0.1, -0.05) is 12.1 Å². The molecular weight excluding hydrogens is 288 g/mol. The number of nitriles is 1. The van der Waals surface area contributed by atoms with Crippen molar-refractivity contribution in [2.24, 2.45) is 5.92 Å².